The monoisotopic (exact) mass is 1530 g/mol. The second kappa shape index (κ2) is 19.7. The number of rotatable bonds is 12. The molecule has 0 atom stereocenters. The van der Waals surface area contributed by atoms with Gasteiger partial charge in [-0.1, -0.05) is 0 Å². The molecule has 0 aliphatic rings. The van der Waals surface area contributed by atoms with E-state index < -0.39 is 87.0 Å². The molecule has 9 aromatic carbocycles. The van der Waals surface area contributed by atoms with Crippen LogP contribution in [-0.4, -0.2) is 87.0 Å². The molecule has 0 N–H and O–H groups in total. The third-order valence-electron chi connectivity index (χ3n) is 10.2. The summed E-state index contributed by atoms with van der Waals surface area (Å²) in [7, 11) is 0. The Balaban J connectivity index is 1.06. The number of benzene rings is 9. The van der Waals surface area contributed by atoms with Gasteiger partial charge in [0.1, 0.15) is 0 Å². The first-order valence-corrected chi connectivity index (χ1v) is 40.5. The molecule has 0 unspecified atom stereocenters. The van der Waals surface area contributed by atoms with E-state index in [9.17, 15) is 0 Å². The fourth-order valence-corrected chi connectivity index (χ4v) is 42.8. The van der Waals surface area contributed by atoms with Crippen LogP contribution in [0.4, 0.5) is 0 Å². The van der Waals surface area contributed by atoms with E-state index in [2.05, 4.69) is 255 Å². The third kappa shape index (κ3) is 9.28. The molecule has 0 nitrogen and oxygen atoms in total. The van der Waals surface area contributed by atoms with Gasteiger partial charge in [-0.05, 0) is 0 Å². The van der Waals surface area contributed by atoms with Gasteiger partial charge in [0, 0.05) is 0 Å². The molecule has 0 fully saturated rings. The fraction of sp³-hybridized carbons (Fsp3) is 0. The van der Waals surface area contributed by atoms with Crippen LogP contribution in [0.1, 0.15) is 0 Å². The zero-order valence-corrected chi connectivity index (χ0v) is 45.9. The van der Waals surface area contributed by atoms with Gasteiger partial charge in [0.05, 0.1) is 0 Å². The topological polar surface area (TPSA) is 0 Å². The average molecular weight is 1530 g/mol. The zero-order valence-electron chi connectivity index (χ0n) is 32.0. The molecule has 0 aliphatic carbocycles. The van der Waals surface area contributed by atoms with Crippen LogP contribution in [0.15, 0.2) is 255 Å². The Morgan fingerprint density at radius 3 is 0.345 bits per heavy atom. The quantitative estimate of drug-likeness (QED) is 0.164. The zero-order chi connectivity index (χ0) is 38.9. The van der Waals surface area contributed by atoms with Crippen LogP contribution >= 0.6 is 0 Å². The van der Waals surface area contributed by atoms with Crippen molar-refractivity contribution in [1.82, 2.24) is 0 Å². The van der Waals surface area contributed by atoms with Gasteiger partial charge in [0.25, 0.3) is 0 Å². The first-order chi connectivity index (χ1) is 28.8. The number of hydrogen-bond acceptors (Lipinski definition) is 0. The van der Waals surface area contributed by atoms with E-state index in [1.165, 1.54) is 32.7 Å². The van der Waals surface area contributed by atoms with E-state index in [4.69, 9.17) is 0 Å². The molecule has 0 aromatic heterocycles. The summed E-state index contributed by atoms with van der Waals surface area (Å²) in [5, 5.41) is 0. The van der Waals surface area contributed by atoms with Gasteiger partial charge >= 0.3 is 381 Å². The summed E-state index contributed by atoms with van der Waals surface area (Å²) in [5.74, 6) is 0. The summed E-state index contributed by atoms with van der Waals surface area (Å²) < 4.78 is 18.4. The maximum absolute atomic E-state index is 2.61. The van der Waals surface area contributed by atoms with Gasteiger partial charge in [-0.25, -0.2) is 0 Å². The molecule has 0 amide bonds. The van der Waals surface area contributed by atoms with Gasteiger partial charge in [-0.2, -0.15) is 0 Å². The molecule has 0 heterocycles. The fourth-order valence-electron chi connectivity index (χ4n) is 7.50. The molecule has 0 aliphatic heterocycles. The normalized spacial score (nSPS) is 11.4. The second-order valence-electron chi connectivity index (χ2n) is 13.9. The first-order valence-electron chi connectivity index (χ1n) is 19.6. The molecular formula is C54H42Bi4. The van der Waals surface area contributed by atoms with E-state index in [0.29, 0.717) is 0 Å². The minimum atomic E-state index is -2.61. The Labute approximate surface area is 376 Å². The first kappa shape index (κ1) is 39.9. The summed E-state index contributed by atoms with van der Waals surface area (Å²) >= 11 is -10.1. The Bertz CT molecular complexity index is 2350. The molecule has 4 heteroatoms. The molecule has 0 saturated heterocycles. The van der Waals surface area contributed by atoms with Crippen molar-refractivity contribution in [2.24, 2.45) is 0 Å². The Hall–Kier alpha value is -3.49. The predicted molar refractivity (Wildman–Crippen MR) is 257 cm³/mol. The van der Waals surface area contributed by atoms with Crippen LogP contribution in [0, 0.1) is 0 Å². The molecule has 9 aromatic rings. The van der Waals surface area contributed by atoms with Crippen molar-refractivity contribution in [3.8, 4) is 0 Å². The van der Waals surface area contributed by atoms with E-state index in [-0.39, 0.29) is 0 Å². The van der Waals surface area contributed by atoms with E-state index >= 15 is 0 Å². The Morgan fingerprint density at radius 2 is 0.224 bits per heavy atom. The van der Waals surface area contributed by atoms with Crippen LogP contribution in [0.5, 0.6) is 0 Å². The average Bonchev–Trinajstić information content (AvgIpc) is 3.30. The molecule has 0 spiro atoms. The van der Waals surface area contributed by atoms with Crippen molar-refractivity contribution in [2.75, 3.05) is 0 Å². The molecule has 9 rings (SSSR count). The Morgan fingerprint density at radius 1 is 0.121 bits per heavy atom. The number of hydrogen-bond donors (Lipinski definition) is 0. The van der Waals surface area contributed by atoms with E-state index in [1.807, 2.05) is 0 Å². The molecular weight excluding hydrogens is 1480 g/mol. The maximum atomic E-state index is 2.51. The van der Waals surface area contributed by atoms with Crippen LogP contribution in [0.25, 0.3) is 0 Å². The van der Waals surface area contributed by atoms with Crippen molar-refractivity contribution in [1.29, 1.82) is 0 Å². The third-order valence-corrected chi connectivity index (χ3v) is 48.2. The standard InChI is InChI=1S/6C6H5.3C6H4.4Bi/c9*1-2-4-6-5-3-1;;;;/h6*1-5H;3*1-2,5-6H;;;;. The van der Waals surface area contributed by atoms with Crippen molar-refractivity contribution < 1.29 is 0 Å². The molecule has 0 bridgehead atoms. The molecule has 0 radical (unpaired) electrons. The summed E-state index contributed by atoms with van der Waals surface area (Å²) in [5.41, 5.74) is 0. The minimum absolute atomic E-state index is 1.53. The van der Waals surface area contributed by atoms with E-state index in [0.717, 1.165) is 0 Å². The molecule has 0 saturated carbocycles. The van der Waals surface area contributed by atoms with Crippen molar-refractivity contribution in [3.05, 3.63) is 255 Å². The van der Waals surface area contributed by atoms with Crippen molar-refractivity contribution in [2.45, 2.75) is 0 Å². The van der Waals surface area contributed by atoms with Crippen molar-refractivity contribution >= 4 is 126 Å². The van der Waals surface area contributed by atoms with Crippen LogP contribution in [-0.2, 0) is 0 Å². The van der Waals surface area contributed by atoms with Crippen LogP contribution in [0.2, 0.25) is 0 Å². The van der Waals surface area contributed by atoms with Crippen LogP contribution < -0.4 is 39.3 Å². The van der Waals surface area contributed by atoms with Crippen LogP contribution in [0.3, 0.4) is 0 Å². The van der Waals surface area contributed by atoms with Gasteiger partial charge < -0.3 is 0 Å². The van der Waals surface area contributed by atoms with Gasteiger partial charge in [0.2, 0.25) is 0 Å². The summed E-state index contributed by atoms with van der Waals surface area (Å²) in [6.45, 7) is 0. The summed E-state index contributed by atoms with van der Waals surface area (Å²) in [6, 6.07) is 97.8. The molecule has 278 valence electrons. The summed E-state index contributed by atoms with van der Waals surface area (Å²) in [4.78, 5) is 0. The van der Waals surface area contributed by atoms with E-state index in [1.54, 1.807) is 6.54 Å². The van der Waals surface area contributed by atoms with Gasteiger partial charge in [0.15, 0.2) is 0 Å². The summed E-state index contributed by atoms with van der Waals surface area (Å²) in [6.07, 6.45) is 0. The SMILES string of the molecule is c1cc[c]([Bi]([c]2ccccc2)[c]2cc[c]([Bi]([c]3ccccc3)[c]3cc[c]([Bi]([c]4ccccc4)[c]4cc[c]([Bi]([c]5ccccc5)[c]5ccccc5)cc4)cc3)cc2)cc1. The van der Waals surface area contributed by atoms with Gasteiger partial charge in [-0.3, -0.25) is 0 Å². The van der Waals surface area contributed by atoms with Gasteiger partial charge in [-0.15, -0.1) is 0 Å². The Kier molecular flexibility index (Phi) is 13.6. The second-order valence-corrected chi connectivity index (χ2v) is 48.4. The van der Waals surface area contributed by atoms with Crippen molar-refractivity contribution in [3.63, 3.8) is 0 Å². The molecule has 58 heavy (non-hydrogen) atoms. The predicted octanol–water partition coefficient (Wildman–Crippen LogP) is 3.75.